The van der Waals surface area contributed by atoms with E-state index < -0.39 is 5.41 Å². The lowest BCUT2D eigenvalue weighted by Crippen LogP contribution is -2.32. The van der Waals surface area contributed by atoms with Gasteiger partial charge in [0.2, 0.25) is 0 Å². The highest BCUT2D eigenvalue weighted by Gasteiger charge is 2.43. The molecule has 0 fully saturated rings. The first-order valence-electron chi connectivity index (χ1n) is 12.0. The lowest BCUT2D eigenvalue weighted by molar-refractivity contribution is 0.283. The van der Waals surface area contributed by atoms with Crippen molar-refractivity contribution in [2.45, 2.75) is 12.0 Å². The number of imidazole rings is 1. The molecule has 0 atom stereocenters. The molecule has 0 radical (unpaired) electrons. The molecule has 6 aromatic rings. The first-order chi connectivity index (χ1) is 18.4. The molecule has 0 bridgehead atoms. The average molecular weight is 485 g/mol. The molecule has 2 aromatic heterocycles. The fourth-order valence-electron chi connectivity index (χ4n) is 4.85. The topological polar surface area (TPSA) is 92.4 Å². The largest absolute Gasteiger partial charge is 0.460 e. The zero-order chi connectivity index (χ0) is 24.9. The number of ether oxygens (including phenoxy) is 1. The molecule has 0 unspecified atom stereocenters. The summed E-state index contributed by atoms with van der Waals surface area (Å²) in [5.74, 6) is 0.452. The molecule has 0 amide bonds. The van der Waals surface area contributed by atoms with E-state index in [1.165, 1.54) is 0 Å². The Kier molecular flexibility index (Phi) is 6.01. The summed E-state index contributed by atoms with van der Waals surface area (Å²) in [6, 6.07) is 41.6. The van der Waals surface area contributed by atoms with Gasteiger partial charge >= 0.3 is 0 Å². The lowest BCUT2D eigenvalue weighted by atomic mass is 9.66. The first kappa shape index (κ1) is 22.4. The summed E-state index contributed by atoms with van der Waals surface area (Å²) < 4.78 is 6.17. The molecule has 180 valence electrons. The van der Waals surface area contributed by atoms with Crippen LogP contribution in [0.5, 0.6) is 6.01 Å². The zero-order valence-electron chi connectivity index (χ0n) is 20.0. The van der Waals surface area contributed by atoms with Crippen LogP contribution in [0, 0.1) is 0 Å². The van der Waals surface area contributed by atoms with Gasteiger partial charge in [0, 0.05) is 0 Å². The van der Waals surface area contributed by atoms with E-state index in [-0.39, 0.29) is 0 Å². The maximum atomic E-state index is 6.17. The Balaban J connectivity index is 1.62. The molecule has 0 saturated carbocycles. The maximum Gasteiger partial charge on any atom is 0.294 e. The molecule has 2 heterocycles. The Bertz CT molecular complexity index is 1450. The Hall–Kier alpha value is -5.04. The molecule has 0 spiro atoms. The molecule has 0 saturated heterocycles. The minimum absolute atomic E-state index is 0.372. The molecule has 0 aliphatic heterocycles. The van der Waals surface area contributed by atoms with E-state index in [0.29, 0.717) is 24.1 Å². The average Bonchev–Trinajstić information content (AvgIpc) is 3.66. The van der Waals surface area contributed by atoms with E-state index in [9.17, 15) is 0 Å². The van der Waals surface area contributed by atoms with E-state index in [1.807, 2.05) is 48.5 Å². The Labute approximate surface area is 214 Å². The Morgan fingerprint density at radius 3 is 1.65 bits per heavy atom. The van der Waals surface area contributed by atoms with E-state index in [4.69, 9.17) is 9.72 Å². The standard InChI is InChI=1S/C30H24N6O/c1-5-13-22(14-6-1)21-37-29-31-26(28-33-35-36-34-28)27(32-29)30(23-15-7-2-8-16-23,24-17-9-3-10-18-24)25-19-11-4-12-20-25/h1-20H,21H2,(H,31,32)(H,33,34,35,36). The minimum atomic E-state index is -0.757. The smallest absolute Gasteiger partial charge is 0.294 e. The molecule has 4 aromatic carbocycles. The lowest BCUT2D eigenvalue weighted by Gasteiger charge is -2.35. The van der Waals surface area contributed by atoms with Gasteiger partial charge in [-0.25, -0.2) is 5.10 Å². The van der Waals surface area contributed by atoms with Crippen LogP contribution >= 0.6 is 0 Å². The molecule has 0 aliphatic rings. The van der Waals surface area contributed by atoms with Crippen molar-refractivity contribution in [1.29, 1.82) is 0 Å². The molecular formula is C30H24N6O. The van der Waals surface area contributed by atoms with Crippen molar-refractivity contribution in [2.75, 3.05) is 0 Å². The highest BCUT2D eigenvalue weighted by Crippen LogP contribution is 2.47. The van der Waals surface area contributed by atoms with Crippen molar-refractivity contribution in [3.8, 4) is 17.5 Å². The van der Waals surface area contributed by atoms with Crippen LogP contribution in [0.1, 0.15) is 27.9 Å². The second-order valence-electron chi connectivity index (χ2n) is 8.64. The summed E-state index contributed by atoms with van der Waals surface area (Å²) in [6.45, 7) is 0.372. The fourth-order valence-corrected chi connectivity index (χ4v) is 4.85. The number of tetrazole rings is 1. The summed E-state index contributed by atoms with van der Waals surface area (Å²) in [5, 5.41) is 14.8. The number of nitrogens with one attached hydrogen (secondary N) is 2. The van der Waals surface area contributed by atoms with Crippen LogP contribution < -0.4 is 4.74 Å². The molecule has 2 N–H and O–H groups in total. The van der Waals surface area contributed by atoms with Gasteiger partial charge in [0.1, 0.15) is 12.3 Å². The zero-order valence-corrected chi connectivity index (χ0v) is 20.0. The number of H-pyrrole nitrogens is 2. The quantitative estimate of drug-likeness (QED) is 0.276. The number of benzene rings is 4. The molecule has 7 nitrogen and oxygen atoms in total. The second-order valence-corrected chi connectivity index (χ2v) is 8.64. The highest BCUT2D eigenvalue weighted by atomic mass is 16.5. The number of aromatic amines is 2. The highest BCUT2D eigenvalue weighted by molar-refractivity contribution is 5.67. The SMILES string of the molecule is c1ccc(COc2nc(-c3nnn[nH]3)c(C(c3ccccc3)(c3ccccc3)c3ccccc3)[nH]2)cc1. The van der Waals surface area contributed by atoms with E-state index >= 15 is 0 Å². The van der Waals surface area contributed by atoms with Crippen LogP contribution in [0.25, 0.3) is 11.5 Å². The third-order valence-corrected chi connectivity index (χ3v) is 6.47. The minimum Gasteiger partial charge on any atom is -0.460 e. The molecule has 6 rings (SSSR count). The van der Waals surface area contributed by atoms with Crippen LogP contribution in [-0.4, -0.2) is 30.6 Å². The summed E-state index contributed by atoms with van der Waals surface area (Å²) in [7, 11) is 0. The van der Waals surface area contributed by atoms with Gasteiger partial charge in [0.05, 0.1) is 11.1 Å². The number of hydrogen-bond donors (Lipinski definition) is 2. The molecule has 37 heavy (non-hydrogen) atoms. The van der Waals surface area contributed by atoms with Crippen molar-refractivity contribution in [3.05, 3.63) is 149 Å². The van der Waals surface area contributed by atoms with E-state index in [0.717, 1.165) is 27.9 Å². The third-order valence-electron chi connectivity index (χ3n) is 6.47. The molecule has 0 aliphatic carbocycles. The fraction of sp³-hybridized carbons (Fsp3) is 0.0667. The van der Waals surface area contributed by atoms with Gasteiger partial charge in [-0.2, -0.15) is 4.98 Å². The maximum absolute atomic E-state index is 6.17. The monoisotopic (exact) mass is 484 g/mol. The summed E-state index contributed by atoms with van der Waals surface area (Å²) in [5.41, 5.74) is 4.89. The van der Waals surface area contributed by atoms with Gasteiger partial charge < -0.3 is 9.72 Å². The normalized spacial score (nSPS) is 11.4. The van der Waals surface area contributed by atoms with Gasteiger partial charge in [-0.3, -0.25) is 0 Å². The van der Waals surface area contributed by atoms with Crippen molar-refractivity contribution < 1.29 is 4.74 Å². The first-order valence-corrected chi connectivity index (χ1v) is 12.0. The number of nitrogens with zero attached hydrogens (tertiary/aromatic N) is 4. The number of aromatic nitrogens is 6. The number of hydrogen-bond acceptors (Lipinski definition) is 5. The van der Waals surface area contributed by atoms with Crippen LogP contribution in [-0.2, 0) is 12.0 Å². The molecule has 7 heteroatoms. The van der Waals surface area contributed by atoms with Gasteiger partial charge in [0.25, 0.3) is 6.01 Å². The van der Waals surface area contributed by atoms with E-state index in [1.54, 1.807) is 0 Å². The second kappa shape index (κ2) is 9.91. The van der Waals surface area contributed by atoms with Crippen LogP contribution in [0.2, 0.25) is 0 Å². The van der Waals surface area contributed by atoms with Crippen molar-refractivity contribution in [2.24, 2.45) is 0 Å². The summed E-state index contributed by atoms with van der Waals surface area (Å²) in [6.07, 6.45) is 0. The summed E-state index contributed by atoms with van der Waals surface area (Å²) in [4.78, 5) is 8.39. The predicted molar refractivity (Wildman–Crippen MR) is 141 cm³/mol. The number of rotatable bonds is 8. The third kappa shape index (κ3) is 4.16. The Morgan fingerprint density at radius 1 is 0.649 bits per heavy atom. The van der Waals surface area contributed by atoms with Gasteiger partial charge in [-0.15, -0.1) is 5.10 Å². The van der Waals surface area contributed by atoms with E-state index in [2.05, 4.69) is 98.4 Å². The summed E-state index contributed by atoms with van der Waals surface area (Å²) >= 11 is 0. The Morgan fingerprint density at radius 2 is 1.16 bits per heavy atom. The van der Waals surface area contributed by atoms with Crippen LogP contribution in [0.15, 0.2) is 121 Å². The molecular weight excluding hydrogens is 460 g/mol. The predicted octanol–water partition coefficient (Wildman–Crippen LogP) is 5.55. The van der Waals surface area contributed by atoms with Gasteiger partial charge in [0.15, 0.2) is 5.82 Å². The van der Waals surface area contributed by atoms with Crippen molar-refractivity contribution >= 4 is 0 Å². The van der Waals surface area contributed by atoms with Crippen LogP contribution in [0.4, 0.5) is 0 Å². The van der Waals surface area contributed by atoms with Gasteiger partial charge in [-0.05, 0) is 32.7 Å². The van der Waals surface area contributed by atoms with Crippen LogP contribution in [0.3, 0.4) is 0 Å². The van der Waals surface area contributed by atoms with Crippen molar-refractivity contribution in [3.63, 3.8) is 0 Å². The van der Waals surface area contributed by atoms with Gasteiger partial charge in [-0.1, -0.05) is 121 Å². The van der Waals surface area contributed by atoms with Crippen molar-refractivity contribution in [1.82, 2.24) is 30.6 Å².